The van der Waals surface area contributed by atoms with Gasteiger partial charge in [-0.15, -0.1) is 5.10 Å². The molecule has 0 aliphatic carbocycles. The smallest absolute Gasteiger partial charge is 0.317 e. The Hall–Kier alpha value is -1.93. The summed E-state index contributed by atoms with van der Waals surface area (Å²) in [6.45, 7) is 9.17. The summed E-state index contributed by atoms with van der Waals surface area (Å²) in [6.07, 6.45) is 2.98. The van der Waals surface area contributed by atoms with Crippen molar-refractivity contribution in [1.82, 2.24) is 30.2 Å². The molecule has 4 atom stereocenters. The predicted molar refractivity (Wildman–Crippen MR) is 116 cm³/mol. The largest absolute Gasteiger partial charge is 0.354 e. The van der Waals surface area contributed by atoms with Gasteiger partial charge in [0.05, 0.1) is 5.69 Å². The number of hydrogen-bond acceptors (Lipinski definition) is 6. The number of nitrogens with zero attached hydrogens (tertiary/aromatic N) is 6. The van der Waals surface area contributed by atoms with E-state index < -0.39 is 0 Å². The van der Waals surface area contributed by atoms with E-state index in [2.05, 4.69) is 57.3 Å². The van der Waals surface area contributed by atoms with Gasteiger partial charge < -0.3 is 24.9 Å². The van der Waals surface area contributed by atoms with Gasteiger partial charge in [0.1, 0.15) is 0 Å². The molecule has 8 heteroatoms. The number of piperidine rings is 1. The summed E-state index contributed by atoms with van der Waals surface area (Å²) < 4.78 is 0. The summed E-state index contributed by atoms with van der Waals surface area (Å²) in [5, 5.41) is 12.4. The number of amides is 2. The molecular weight excluding hydrogens is 378 g/mol. The number of likely N-dealkylation sites (tertiary alicyclic amines) is 2. The molecule has 1 N–H and O–H groups in total. The molecule has 30 heavy (non-hydrogen) atoms. The Kier molecular flexibility index (Phi) is 5.31. The molecule has 164 valence electrons. The number of rotatable bonds is 2. The summed E-state index contributed by atoms with van der Waals surface area (Å²) in [4.78, 5) is 22.1. The molecule has 3 fully saturated rings. The van der Waals surface area contributed by atoms with Crippen molar-refractivity contribution >= 4 is 11.8 Å². The third kappa shape index (κ3) is 3.75. The standard InChI is InChI=1S/C22H35N7O/c1-15-19(5-4-7-27(15)3)23-22(30)28-8-6-20-16(12-28)9-21(25-24-20)29-13-17-10-26(2)11-18(17)14-29/h9,15,17-19H,4-8,10-14H2,1-3H3,(H,23,30)/t15?,17-,18+,19?. The monoisotopic (exact) mass is 413 g/mol. The minimum atomic E-state index is 0.0601. The van der Waals surface area contributed by atoms with E-state index in [4.69, 9.17) is 0 Å². The second kappa shape index (κ2) is 7.96. The lowest BCUT2D eigenvalue weighted by Crippen LogP contribution is -2.55. The zero-order valence-electron chi connectivity index (χ0n) is 18.5. The van der Waals surface area contributed by atoms with E-state index in [1.54, 1.807) is 0 Å². The maximum atomic E-state index is 13.0. The number of nitrogens with one attached hydrogen (secondary N) is 1. The quantitative estimate of drug-likeness (QED) is 0.781. The third-order valence-corrected chi connectivity index (χ3v) is 7.82. The maximum absolute atomic E-state index is 13.0. The van der Waals surface area contributed by atoms with E-state index in [0.717, 1.165) is 67.8 Å². The predicted octanol–water partition coefficient (Wildman–Crippen LogP) is 1.02. The summed E-state index contributed by atoms with van der Waals surface area (Å²) in [5.41, 5.74) is 2.21. The fraction of sp³-hybridized carbons (Fsp3) is 0.773. The van der Waals surface area contributed by atoms with E-state index in [0.29, 0.717) is 19.1 Å². The van der Waals surface area contributed by atoms with E-state index in [1.807, 2.05) is 4.90 Å². The van der Waals surface area contributed by atoms with Gasteiger partial charge in [0.2, 0.25) is 0 Å². The fourth-order valence-electron chi connectivity index (χ4n) is 5.81. The molecule has 5 rings (SSSR count). The van der Waals surface area contributed by atoms with Crippen molar-refractivity contribution in [2.24, 2.45) is 11.8 Å². The Labute approximate surface area is 179 Å². The van der Waals surface area contributed by atoms with Gasteiger partial charge in [0, 0.05) is 57.8 Å². The summed E-state index contributed by atoms with van der Waals surface area (Å²) in [7, 11) is 4.36. The number of urea groups is 1. The SMILES string of the molecule is CC1C(NC(=O)N2CCc3nnc(N4C[C@H]5CN(C)C[C@H]5C4)cc3C2)CCCN1C. The molecule has 3 saturated heterocycles. The first-order chi connectivity index (χ1) is 14.5. The Morgan fingerprint density at radius 2 is 1.87 bits per heavy atom. The van der Waals surface area contributed by atoms with E-state index in [-0.39, 0.29) is 12.1 Å². The Bertz CT molecular complexity index is 788. The molecule has 0 bridgehead atoms. The van der Waals surface area contributed by atoms with Crippen LogP contribution in [0.2, 0.25) is 0 Å². The molecule has 1 aromatic rings. The molecular formula is C22H35N7O. The van der Waals surface area contributed by atoms with Crippen LogP contribution in [-0.4, -0.2) is 96.4 Å². The lowest BCUT2D eigenvalue weighted by Gasteiger charge is -2.38. The van der Waals surface area contributed by atoms with Crippen molar-refractivity contribution in [2.75, 3.05) is 58.3 Å². The van der Waals surface area contributed by atoms with Gasteiger partial charge in [-0.05, 0) is 63.9 Å². The molecule has 4 aliphatic heterocycles. The minimum absolute atomic E-state index is 0.0601. The number of likely N-dealkylation sites (N-methyl/N-ethyl adjacent to an activating group) is 1. The molecule has 2 amide bonds. The number of fused-ring (bicyclic) bond motifs is 2. The fourth-order valence-corrected chi connectivity index (χ4v) is 5.81. The summed E-state index contributed by atoms with van der Waals surface area (Å²) >= 11 is 0. The van der Waals surface area contributed by atoms with Crippen LogP contribution in [0, 0.1) is 11.8 Å². The first kappa shape index (κ1) is 20.0. The number of carbonyl (C=O) groups is 1. The van der Waals surface area contributed by atoms with Crippen molar-refractivity contribution in [2.45, 2.75) is 44.8 Å². The molecule has 4 aliphatic rings. The summed E-state index contributed by atoms with van der Waals surface area (Å²) in [5.74, 6) is 2.46. The van der Waals surface area contributed by atoms with Crippen molar-refractivity contribution in [3.63, 3.8) is 0 Å². The highest BCUT2D eigenvalue weighted by Crippen LogP contribution is 2.33. The Morgan fingerprint density at radius 1 is 1.10 bits per heavy atom. The van der Waals surface area contributed by atoms with Crippen LogP contribution in [0.5, 0.6) is 0 Å². The van der Waals surface area contributed by atoms with Crippen LogP contribution in [-0.2, 0) is 13.0 Å². The lowest BCUT2D eigenvalue weighted by molar-refractivity contribution is 0.141. The average Bonchev–Trinajstić information content (AvgIpc) is 3.28. The van der Waals surface area contributed by atoms with Gasteiger partial charge in [-0.1, -0.05) is 0 Å². The highest BCUT2D eigenvalue weighted by atomic mass is 16.2. The second-order valence-electron chi connectivity index (χ2n) is 9.91. The Morgan fingerprint density at radius 3 is 2.63 bits per heavy atom. The molecule has 5 heterocycles. The first-order valence-electron chi connectivity index (χ1n) is 11.5. The number of aromatic nitrogens is 2. The number of carbonyl (C=O) groups excluding carboxylic acids is 1. The van der Waals surface area contributed by atoms with Crippen molar-refractivity contribution < 1.29 is 4.79 Å². The highest BCUT2D eigenvalue weighted by Gasteiger charge is 2.39. The first-order valence-corrected chi connectivity index (χ1v) is 11.5. The van der Waals surface area contributed by atoms with Crippen LogP contribution >= 0.6 is 0 Å². The van der Waals surface area contributed by atoms with Crippen molar-refractivity contribution in [3.05, 3.63) is 17.3 Å². The molecule has 0 spiro atoms. The molecule has 0 saturated carbocycles. The maximum Gasteiger partial charge on any atom is 0.317 e. The van der Waals surface area contributed by atoms with E-state index >= 15 is 0 Å². The van der Waals surface area contributed by atoms with Crippen molar-refractivity contribution in [3.8, 4) is 0 Å². The van der Waals surface area contributed by atoms with Crippen molar-refractivity contribution in [1.29, 1.82) is 0 Å². The zero-order valence-corrected chi connectivity index (χ0v) is 18.5. The van der Waals surface area contributed by atoms with Crippen LogP contribution in [0.25, 0.3) is 0 Å². The Balaban J connectivity index is 1.24. The van der Waals surface area contributed by atoms with Gasteiger partial charge >= 0.3 is 6.03 Å². The molecule has 8 nitrogen and oxygen atoms in total. The number of anilines is 1. The van der Waals surface area contributed by atoms with Gasteiger partial charge in [-0.3, -0.25) is 0 Å². The molecule has 0 radical (unpaired) electrons. The third-order valence-electron chi connectivity index (χ3n) is 7.82. The van der Waals surface area contributed by atoms with E-state index in [9.17, 15) is 4.79 Å². The van der Waals surface area contributed by atoms with E-state index in [1.165, 1.54) is 13.1 Å². The van der Waals surface area contributed by atoms with Gasteiger partial charge in [0.25, 0.3) is 0 Å². The van der Waals surface area contributed by atoms with Crippen LogP contribution < -0.4 is 10.2 Å². The highest BCUT2D eigenvalue weighted by molar-refractivity contribution is 5.75. The lowest BCUT2D eigenvalue weighted by atomic mass is 9.98. The molecule has 2 unspecified atom stereocenters. The number of hydrogen-bond donors (Lipinski definition) is 1. The van der Waals surface area contributed by atoms with Crippen LogP contribution in [0.15, 0.2) is 6.07 Å². The second-order valence-corrected chi connectivity index (χ2v) is 9.91. The van der Waals surface area contributed by atoms with Gasteiger partial charge in [-0.2, -0.15) is 5.10 Å². The average molecular weight is 414 g/mol. The van der Waals surface area contributed by atoms with Crippen LogP contribution in [0.3, 0.4) is 0 Å². The minimum Gasteiger partial charge on any atom is -0.354 e. The van der Waals surface area contributed by atoms with Crippen LogP contribution in [0.4, 0.5) is 10.6 Å². The normalized spacial score (nSPS) is 32.2. The molecule has 1 aromatic heterocycles. The van der Waals surface area contributed by atoms with Gasteiger partial charge in [-0.25, -0.2) is 4.79 Å². The topological polar surface area (TPSA) is 67.8 Å². The zero-order chi connectivity index (χ0) is 20.8. The molecule has 0 aromatic carbocycles. The summed E-state index contributed by atoms with van der Waals surface area (Å²) in [6, 6.07) is 2.85. The van der Waals surface area contributed by atoms with Crippen LogP contribution in [0.1, 0.15) is 31.0 Å². The van der Waals surface area contributed by atoms with Gasteiger partial charge in [0.15, 0.2) is 5.82 Å².